The van der Waals surface area contributed by atoms with Crippen LogP contribution in [0, 0.1) is 0 Å². The lowest BCUT2D eigenvalue weighted by Crippen LogP contribution is -2.66. The Morgan fingerprint density at radius 2 is 1.47 bits per heavy atom. The van der Waals surface area contributed by atoms with Gasteiger partial charge in [-0.2, -0.15) is 0 Å². The first kappa shape index (κ1) is 24.8. The van der Waals surface area contributed by atoms with Crippen LogP contribution < -0.4 is 10.4 Å². The van der Waals surface area contributed by atoms with Crippen LogP contribution in [0.25, 0.3) is 0 Å². The van der Waals surface area contributed by atoms with Crippen LogP contribution in [0.5, 0.6) is 0 Å². The molecule has 1 aliphatic rings. The van der Waals surface area contributed by atoms with Crippen molar-refractivity contribution in [3.63, 3.8) is 0 Å². The van der Waals surface area contributed by atoms with E-state index in [-0.39, 0.29) is 10.6 Å². The molecule has 180 valence electrons. The number of rotatable bonds is 7. The van der Waals surface area contributed by atoms with E-state index in [0.29, 0.717) is 12.5 Å². The molecule has 1 saturated carbocycles. The highest BCUT2D eigenvalue weighted by Gasteiger charge is 2.50. The molecule has 0 aliphatic heterocycles. The van der Waals surface area contributed by atoms with Gasteiger partial charge in [0.2, 0.25) is 0 Å². The van der Waals surface area contributed by atoms with Gasteiger partial charge in [0.05, 0.1) is 17.9 Å². The second kappa shape index (κ2) is 10.1. The van der Waals surface area contributed by atoms with Crippen LogP contribution >= 0.6 is 0 Å². The zero-order valence-corrected chi connectivity index (χ0v) is 22.3. The Kier molecular flexibility index (Phi) is 7.36. The number of hydrogen-bond acceptors (Lipinski definition) is 4. The lowest BCUT2D eigenvalue weighted by atomic mass is 9.79. The highest BCUT2D eigenvalue weighted by molar-refractivity contribution is 6.99. The van der Waals surface area contributed by atoms with Crippen molar-refractivity contribution in [2.45, 2.75) is 76.5 Å². The van der Waals surface area contributed by atoms with E-state index in [2.05, 4.69) is 93.3 Å². The molecule has 0 saturated heterocycles. The van der Waals surface area contributed by atoms with E-state index < -0.39 is 8.32 Å². The predicted octanol–water partition coefficient (Wildman–Crippen LogP) is 5.62. The fourth-order valence-corrected chi connectivity index (χ4v) is 9.84. The second-order valence-corrected chi connectivity index (χ2v) is 15.1. The van der Waals surface area contributed by atoms with Crippen LogP contribution in [0.2, 0.25) is 5.04 Å². The molecule has 4 nitrogen and oxygen atoms in total. The summed E-state index contributed by atoms with van der Waals surface area (Å²) in [5.41, 5.74) is 0.943. The third-order valence-corrected chi connectivity index (χ3v) is 12.5. The fraction of sp³-hybridized carbons (Fsp3) is 0.448. The van der Waals surface area contributed by atoms with Gasteiger partial charge < -0.3 is 9.16 Å². The first-order valence-corrected chi connectivity index (χ1v) is 14.3. The van der Waals surface area contributed by atoms with Gasteiger partial charge in [0.25, 0.3) is 8.32 Å². The summed E-state index contributed by atoms with van der Waals surface area (Å²) in [6.45, 7) is 9.60. The van der Waals surface area contributed by atoms with Crippen molar-refractivity contribution in [2.75, 3.05) is 7.11 Å². The van der Waals surface area contributed by atoms with Gasteiger partial charge in [-0.25, -0.2) is 9.97 Å². The Labute approximate surface area is 205 Å². The maximum absolute atomic E-state index is 7.07. The van der Waals surface area contributed by atoms with Crippen molar-refractivity contribution >= 4 is 18.7 Å². The van der Waals surface area contributed by atoms with Gasteiger partial charge in [0.15, 0.2) is 0 Å². The molecule has 5 heteroatoms. The standard InChI is InChI=1S/C29H38N2O2Si/c1-28(2,3)34(25-12-8-6-9-13-25,26-14-10-7-11-15-26)33-22-24-18-21-30-27(31-24)23-16-19-29(4,32-5)20-17-23/h6-15,18,21,23H,16-17,19-20,22H2,1-5H3. The van der Waals surface area contributed by atoms with Crippen molar-refractivity contribution in [3.8, 4) is 0 Å². The molecule has 2 aromatic carbocycles. The van der Waals surface area contributed by atoms with Crippen LogP contribution in [0.15, 0.2) is 72.9 Å². The van der Waals surface area contributed by atoms with Gasteiger partial charge in [-0.1, -0.05) is 81.4 Å². The van der Waals surface area contributed by atoms with Crippen LogP contribution in [0.3, 0.4) is 0 Å². The van der Waals surface area contributed by atoms with Crippen molar-refractivity contribution in [1.82, 2.24) is 9.97 Å². The summed E-state index contributed by atoms with van der Waals surface area (Å²) in [7, 11) is -0.771. The Balaban J connectivity index is 1.63. The Bertz CT molecular complexity index is 1020. The molecule has 0 N–H and O–H groups in total. The maximum Gasteiger partial charge on any atom is 0.261 e. The summed E-state index contributed by atoms with van der Waals surface area (Å²) >= 11 is 0. The molecule has 0 atom stereocenters. The van der Waals surface area contributed by atoms with Crippen LogP contribution in [-0.2, 0) is 15.8 Å². The minimum atomic E-state index is -2.59. The molecular weight excluding hydrogens is 436 g/mol. The van der Waals surface area contributed by atoms with E-state index in [1.165, 1.54) is 10.4 Å². The average Bonchev–Trinajstić information content (AvgIpc) is 2.85. The summed E-state index contributed by atoms with van der Waals surface area (Å²) in [5.74, 6) is 1.33. The van der Waals surface area contributed by atoms with Gasteiger partial charge in [0, 0.05) is 19.2 Å². The quantitative estimate of drug-likeness (QED) is 0.417. The number of hydrogen-bond donors (Lipinski definition) is 0. The molecule has 0 amide bonds. The van der Waals surface area contributed by atoms with E-state index in [1.807, 2.05) is 19.4 Å². The summed E-state index contributed by atoms with van der Waals surface area (Å²) in [6.07, 6.45) is 6.10. The minimum Gasteiger partial charge on any atom is -0.401 e. The lowest BCUT2D eigenvalue weighted by molar-refractivity contribution is -0.0276. The smallest absolute Gasteiger partial charge is 0.261 e. The SMILES string of the molecule is COC1(C)CCC(c2nccc(CO[Si](c3ccccc3)(c3ccccc3)C(C)(C)C)n2)CC1. The van der Waals surface area contributed by atoms with Gasteiger partial charge in [0.1, 0.15) is 5.82 Å². The zero-order chi connectivity index (χ0) is 24.2. The number of ether oxygens (including phenoxy) is 1. The summed E-state index contributed by atoms with van der Waals surface area (Å²) in [4.78, 5) is 9.64. The van der Waals surface area contributed by atoms with Crippen molar-refractivity contribution in [2.24, 2.45) is 0 Å². The average molecular weight is 475 g/mol. The third kappa shape index (κ3) is 5.02. The summed E-state index contributed by atoms with van der Waals surface area (Å²) in [5, 5.41) is 2.52. The summed E-state index contributed by atoms with van der Waals surface area (Å²) in [6, 6.07) is 23.5. The Morgan fingerprint density at radius 3 is 1.97 bits per heavy atom. The molecule has 1 aromatic heterocycles. The van der Waals surface area contributed by atoms with Crippen LogP contribution in [-0.4, -0.2) is 31.0 Å². The monoisotopic (exact) mass is 474 g/mol. The fourth-order valence-electron chi connectivity index (χ4n) is 5.32. The van der Waals surface area contributed by atoms with E-state index in [4.69, 9.17) is 14.1 Å². The van der Waals surface area contributed by atoms with Crippen LogP contribution in [0.4, 0.5) is 0 Å². The zero-order valence-electron chi connectivity index (χ0n) is 21.3. The predicted molar refractivity (Wildman–Crippen MR) is 141 cm³/mol. The number of nitrogens with zero attached hydrogens (tertiary/aromatic N) is 2. The van der Waals surface area contributed by atoms with Crippen molar-refractivity contribution < 1.29 is 9.16 Å². The lowest BCUT2D eigenvalue weighted by Gasteiger charge is -2.43. The first-order chi connectivity index (χ1) is 16.3. The van der Waals surface area contributed by atoms with E-state index in [1.54, 1.807) is 0 Å². The molecule has 0 bridgehead atoms. The van der Waals surface area contributed by atoms with Gasteiger partial charge in [-0.05, 0) is 54.1 Å². The summed E-state index contributed by atoms with van der Waals surface area (Å²) < 4.78 is 12.8. The number of methoxy groups -OCH3 is 1. The van der Waals surface area contributed by atoms with Crippen molar-refractivity contribution in [1.29, 1.82) is 0 Å². The van der Waals surface area contributed by atoms with Gasteiger partial charge in [-0.3, -0.25) is 0 Å². The second-order valence-electron chi connectivity index (χ2n) is 10.8. The highest BCUT2D eigenvalue weighted by Crippen LogP contribution is 2.39. The van der Waals surface area contributed by atoms with Crippen molar-refractivity contribution in [3.05, 3.63) is 84.4 Å². The highest BCUT2D eigenvalue weighted by atomic mass is 28.4. The molecule has 1 fully saturated rings. The van der Waals surface area contributed by atoms with Crippen LogP contribution in [0.1, 0.15) is 70.8 Å². The molecule has 3 aromatic rings. The van der Waals surface area contributed by atoms with E-state index in [0.717, 1.165) is 37.2 Å². The molecule has 0 spiro atoms. The molecule has 4 rings (SSSR count). The molecule has 0 unspecified atom stereocenters. The Hall–Kier alpha value is -2.34. The largest absolute Gasteiger partial charge is 0.401 e. The van der Waals surface area contributed by atoms with Gasteiger partial charge in [-0.15, -0.1) is 0 Å². The molecule has 1 aliphatic carbocycles. The molecule has 34 heavy (non-hydrogen) atoms. The number of benzene rings is 2. The number of aromatic nitrogens is 2. The minimum absolute atomic E-state index is 0.0134. The molecule has 1 heterocycles. The van der Waals surface area contributed by atoms with Gasteiger partial charge >= 0.3 is 0 Å². The molecular formula is C29H38N2O2Si. The Morgan fingerprint density at radius 1 is 0.912 bits per heavy atom. The normalized spacial score (nSPS) is 21.4. The van der Waals surface area contributed by atoms with E-state index >= 15 is 0 Å². The third-order valence-electron chi connectivity index (χ3n) is 7.49. The first-order valence-electron chi connectivity index (χ1n) is 12.4. The topological polar surface area (TPSA) is 44.2 Å². The maximum atomic E-state index is 7.07. The molecule has 0 radical (unpaired) electrons. The van der Waals surface area contributed by atoms with E-state index in [9.17, 15) is 0 Å².